The van der Waals surface area contributed by atoms with Crippen LogP contribution >= 0.6 is 0 Å². The minimum atomic E-state index is -1.48. The summed E-state index contributed by atoms with van der Waals surface area (Å²) < 4.78 is 0. The van der Waals surface area contributed by atoms with Crippen molar-refractivity contribution < 1.29 is 39.6 Å². The van der Waals surface area contributed by atoms with Crippen molar-refractivity contribution >= 4 is 30.1 Å². The van der Waals surface area contributed by atoms with Crippen LogP contribution in [0.4, 0.5) is 0 Å². The molecule has 10 nitrogen and oxygen atoms in total. The molecular formula is C13H14N2O8. The van der Waals surface area contributed by atoms with Gasteiger partial charge in [-0.2, -0.15) is 0 Å². The molecule has 0 amide bonds. The molecule has 0 saturated carbocycles. The molecule has 0 spiro atoms. The van der Waals surface area contributed by atoms with Crippen molar-refractivity contribution in [2.24, 2.45) is 4.99 Å². The maximum Gasteiger partial charge on any atom is 0.351 e. The van der Waals surface area contributed by atoms with Gasteiger partial charge < -0.3 is 25.7 Å². The summed E-state index contributed by atoms with van der Waals surface area (Å²) in [5, 5.41) is 37.6. The zero-order chi connectivity index (χ0) is 17.6. The number of hydrogen-bond donors (Lipinski definition) is 5. The molecule has 0 aromatic rings. The first-order valence-electron chi connectivity index (χ1n) is 6.32. The van der Waals surface area contributed by atoms with E-state index < -0.39 is 42.4 Å². The van der Waals surface area contributed by atoms with Crippen LogP contribution < -0.4 is 5.32 Å². The van der Waals surface area contributed by atoms with E-state index in [0.717, 1.165) is 6.21 Å². The topological polar surface area (TPSA) is 174 Å². The Morgan fingerprint density at radius 2 is 1.91 bits per heavy atom. The molecule has 5 N–H and O–H groups in total. The van der Waals surface area contributed by atoms with Crippen molar-refractivity contribution in [1.82, 2.24) is 5.32 Å². The molecule has 23 heavy (non-hydrogen) atoms. The SMILES string of the molecule is O=C(O)C[C@@H](N=C/C=C1/C=C(C(=O)O)N[C@@H](C(=O)O)C1)C(=O)O. The number of nitrogens with one attached hydrogen (secondary N) is 1. The predicted octanol–water partition coefficient (Wildman–Crippen LogP) is -0.673. The molecule has 0 bridgehead atoms. The lowest BCUT2D eigenvalue weighted by Gasteiger charge is -2.21. The van der Waals surface area contributed by atoms with Gasteiger partial charge in [0.15, 0.2) is 6.04 Å². The fraction of sp³-hybridized carbons (Fsp3) is 0.308. The third kappa shape index (κ3) is 5.61. The van der Waals surface area contributed by atoms with Gasteiger partial charge in [0.05, 0.1) is 6.42 Å². The van der Waals surface area contributed by atoms with E-state index in [1.54, 1.807) is 0 Å². The van der Waals surface area contributed by atoms with E-state index in [-0.39, 0.29) is 12.1 Å². The van der Waals surface area contributed by atoms with Crippen LogP contribution in [0.25, 0.3) is 0 Å². The molecule has 1 rings (SSSR count). The molecule has 2 atom stereocenters. The highest BCUT2D eigenvalue weighted by Gasteiger charge is 2.26. The normalized spacial score (nSPS) is 20.6. The molecule has 1 aliphatic rings. The second-order valence-corrected chi connectivity index (χ2v) is 4.59. The van der Waals surface area contributed by atoms with Crippen molar-refractivity contribution in [1.29, 1.82) is 0 Å². The van der Waals surface area contributed by atoms with Gasteiger partial charge in [-0.05, 0) is 17.7 Å². The van der Waals surface area contributed by atoms with Crippen molar-refractivity contribution in [3.8, 4) is 0 Å². The molecule has 10 heteroatoms. The van der Waals surface area contributed by atoms with E-state index in [0.29, 0.717) is 5.57 Å². The van der Waals surface area contributed by atoms with Crippen LogP contribution in [0.1, 0.15) is 12.8 Å². The number of carboxylic acid groups (broad SMARTS) is 4. The number of nitrogens with zero attached hydrogens (tertiary/aromatic N) is 1. The summed E-state index contributed by atoms with van der Waals surface area (Å²) in [4.78, 5) is 46.8. The minimum Gasteiger partial charge on any atom is -0.481 e. The van der Waals surface area contributed by atoms with Gasteiger partial charge in [-0.25, -0.2) is 14.4 Å². The third-order valence-corrected chi connectivity index (χ3v) is 2.84. The largest absolute Gasteiger partial charge is 0.481 e. The molecule has 0 saturated heterocycles. The highest BCUT2D eigenvalue weighted by Crippen LogP contribution is 2.16. The van der Waals surface area contributed by atoms with E-state index >= 15 is 0 Å². The van der Waals surface area contributed by atoms with Crippen LogP contribution in [0.3, 0.4) is 0 Å². The molecule has 0 aromatic carbocycles. The van der Waals surface area contributed by atoms with E-state index in [1.807, 2.05) is 0 Å². The van der Waals surface area contributed by atoms with Crippen molar-refractivity contribution in [3.05, 3.63) is 23.4 Å². The first-order valence-corrected chi connectivity index (χ1v) is 6.32. The van der Waals surface area contributed by atoms with Crippen LogP contribution in [-0.2, 0) is 19.2 Å². The Morgan fingerprint density at radius 3 is 2.39 bits per heavy atom. The fourth-order valence-corrected chi connectivity index (χ4v) is 1.76. The first-order chi connectivity index (χ1) is 10.7. The number of allylic oxidation sites excluding steroid dienone is 2. The number of carbonyl (C=O) groups is 4. The number of aliphatic carboxylic acids is 4. The lowest BCUT2D eigenvalue weighted by atomic mass is 10.00. The van der Waals surface area contributed by atoms with Gasteiger partial charge in [0.1, 0.15) is 11.7 Å². The zero-order valence-corrected chi connectivity index (χ0v) is 11.7. The van der Waals surface area contributed by atoms with Crippen molar-refractivity contribution in [3.63, 3.8) is 0 Å². The van der Waals surface area contributed by atoms with Crippen LogP contribution in [-0.4, -0.2) is 62.6 Å². The molecule has 124 valence electrons. The number of carboxylic acids is 4. The van der Waals surface area contributed by atoms with E-state index in [1.165, 1.54) is 12.2 Å². The Morgan fingerprint density at radius 1 is 1.26 bits per heavy atom. The fourth-order valence-electron chi connectivity index (χ4n) is 1.76. The predicted molar refractivity (Wildman–Crippen MR) is 75.1 cm³/mol. The van der Waals surface area contributed by atoms with Gasteiger partial charge in [-0.1, -0.05) is 0 Å². The average molecular weight is 326 g/mol. The molecule has 0 fully saturated rings. The molecule has 0 radical (unpaired) electrons. The summed E-state index contributed by atoms with van der Waals surface area (Å²) in [5.74, 6) is -5.33. The summed E-state index contributed by atoms with van der Waals surface area (Å²) in [6, 6.07) is -2.62. The molecule has 1 heterocycles. The van der Waals surface area contributed by atoms with Gasteiger partial charge in [0, 0.05) is 12.6 Å². The van der Waals surface area contributed by atoms with Gasteiger partial charge in [0.25, 0.3) is 0 Å². The average Bonchev–Trinajstić information content (AvgIpc) is 2.45. The summed E-state index contributed by atoms with van der Waals surface area (Å²) >= 11 is 0. The molecule has 0 unspecified atom stereocenters. The standard InChI is InChI=1S/C13H14N2O8/c16-10(17)5-7(11(18)19)14-2-1-6-3-8(12(20)21)15-9(4-6)13(22)23/h1-3,7,9,15H,4-5H2,(H,16,17)(H,18,19)(H,20,21)(H,22,23)/b6-1-,14-2?/t7-,9-/m1/s1. The molecule has 0 aromatic heterocycles. The summed E-state index contributed by atoms with van der Waals surface area (Å²) in [5.41, 5.74) is -0.0135. The van der Waals surface area contributed by atoms with Crippen LogP contribution in [0.5, 0.6) is 0 Å². The Labute approximate surface area is 129 Å². The second-order valence-electron chi connectivity index (χ2n) is 4.59. The van der Waals surface area contributed by atoms with Gasteiger partial charge >= 0.3 is 23.9 Å². The Bertz CT molecular complexity index is 619. The molecular weight excluding hydrogens is 312 g/mol. The van der Waals surface area contributed by atoms with E-state index in [9.17, 15) is 19.2 Å². The van der Waals surface area contributed by atoms with Gasteiger partial charge in [-0.3, -0.25) is 9.79 Å². The van der Waals surface area contributed by atoms with Crippen LogP contribution in [0.2, 0.25) is 0 Å². The van der Waals surface area contributed by atoms with Gasteiger partial charge in [-0.15, -0.1) is 0 Å². The highest BCUT2D eigenvalue weighted by molar-refractivity contribution is 5.90. The monoisotopic (exact) mass is 326 g/mol. The zero-order valence-electron chi connectivity index (χ0n) is 11.7. The van der Waals surface area contributed by atoms with Crippen molar-refractivity contribution in [2.75, 3.05) is 0 Å². The lowest BCUT2D eigenvalue weighted by molar-refractivity contribution is -0.144. The highest BCUT2D eigenvalue weighted by atomic mass is 16.4. The Balaban J connectivity index is 2.95. The molecule has 0 aliphatic carbocycles. The lowest BCUT2D eigenvalue weighted by Crippen LogP contribution is -2.41. The van der Waals surface area contributed by atoms with Crippen molar-refractivity contribution in [2.45, 2.75) is 24.9 Å². The third-order valence-electron chi connectivity index (χ3n) is 2.84. The molecule has 1 aliphatic heterocycles. The Kier molecular flexibility index (Phi) is 6.01. The second kappa shape index (κ2) is 7.73. The number of hydrogen-bond acceptors (Lipinski definition) is 6. The quantitative estimate of drug-likeness (QED) is 0.380. The summed E-state index contributed by atoms with van der Waals surface area (Å²) in [6.07, 6.45) is 2.73. The van der Waals surface area contributed by atoms with Gasteiger partial charge in [0.2, 0.25) is 0 Å². The Hall–Kier alpha value is -3.17. The van der Waals surface area contributed by atoms with Crippen LogP contribution in [0.15, 0.2) is 28.4 Å². The smallest absolute Gasteiger partial charge is 0.351 e. The van der Waals surface area contributed by atoms with Crippen LogP contribution in [0, 0.1) is 0 Å². The number of aliphatic imine (C=N–C) groups is 1. The summed E-state index contributed by atoms with van der Waals surface area (Å²) in [6.45, 7) is 0. The minimum absolute atomic E-state index is 0.0329. The maximum absolute atomic E-state index is 11.0. The maximum atomic E-state index is 11.0. The number of rotatable bonds is 7. The van der Waals surface area contributed by atoms with E-state index in [2.05, 4.69) is 10.3 Å². The van der Waals surface area contributed by atoms with E-state index in [4.69, 9.17) is 20.4 Å². The first kappa shape index (κ1) is 17.9. The summed E-state index contributed by atoms with van der Waals surface area (Å²) in [7, 11) is 0.